The summed E-state index contributed by atoms with van der Waals surface area (Å²) in [5, 5.41) is 3.12. The number of hydrogen-bond acceptors (Lipinski definition) is 5. The van der Waals surface area contributed by atoms with E-state index in [-0.39, 0.29) is 28.7 Å². The lowest BCUT2D eigenvalue weighted by atomic mass is 10.2. The van der Waals surface area contributed by atoms with Crippen LogP contribution in [0.5, 0.6) is 0 Å². The van der Waals surface area contributed by atoms with E-state index in [9.17, 15) is 18.0 Å². The molecular weight excluding hydrogens is 378 g/mol. The van der Waals surface area contributed by atoms with Crippen LogP contribution >= 0.6 is 0 Å². The number of sulfonamides is 1. The molecule has 1 saturated heterocycles. The lowest BCUT2D eigenvalue weighted by molar-refractivity contribution is -0.127. The Kier molecular flexibility index (Phi) is 6.52. The first-order valence-corrected chi connectivity index (χ1v) is 11.4. The van der Waals surface area contributed by atoms with Gasteiger partial charge >= 0.3 is 0 Å². The van der Waals surface area contributed by atoms with Crippen LogP contribution in [-0.2, 0) is 14.8 Å². The third-order valence-electron chi connectivity index (χ3n) is 5.80. The first kappa shape index (κ1) is 21.0. The molecule has 1 heterocycles. The van der Waals surface area contributed by atoms with Crippen molar-refractivity contribution in [3.05, 3.63) is 29.8 Å². The fraction of sp³-hybridized carbons (Fsp3) is 0.600. The van der Waals surface area contributed by atoms with Gasteiger partial charge in [-0.25, -0.2) is 8.42 Å². The minimum atomic E-state index is -3.60. The topological polar surface area (TPSA) is 86.8 Å². The first-order chi connectivity index (χ1) is 13.3. The van der Waals surface area contributed by atoms with E-state index in [0.717, 1.165) is 12.8 Å². The van der Waals surface area contributed by atoms with Crippen molar-refractivity contribution in [3.8, 4) is 0 Å². The molecule has 1 aromatic rings. The summed E-state index contributed by atoms with van der Waals surface area (Å²) in [5.74, 6) is -0.0644. The van der Waals surface area contributed by atoms with Crippen molar-refractivity contribution in [2.24, 2.45) is 0 Å². The number of piperazine rings is 1. The summed E-state index contributed by atoms with van der Waals surface area (Å²) in [6, 6.07) is 6.07. The number of rotatable bonds is 6. The third kappa shape index (κ3) is 4.61. The number of carbonyl (C=O) groups is 2. The Labute approximate surface area is 167 Å². The minimum Gasteiger partial charge on any atom is -0.352 e. The predicted molar refractivity (Wildman–Crippen MR) is 107 cm³/mol. The van der Waals surface area contributed by atoms with Crippen LogP contribution in [0.2, 0.25) is 0 Å². The summed E-state index contributed by atoms with van der Waals surface area (Å²) in [7, 11) is -3.60. The minimum absolute atomic E-state index is 0.0306. The summed E-state index contributed by atoms with van der Waals surface area (Å²) in [6.07, 6.45) is 4.44. The lowest BCUT2D eigenvalue weighted by Crippen LogP contribution is -2.55. The van der Waals surface area contributed by atoms with Gasteiger partial charge in [-0.1, -0.05) is 25.0 Å². The Morgan fingerprint density at radius 1 is 1.04 bits per heavy atom. The highest BCUT2D eigenvalue weighted by Gasteiger charge is 2.32. The molecule has 28 heavy (non-hydrogen) atoms. The quantitative estimate of drug-likeness (QED) is 0.725. The average molecular weight is 408 g/mol. The molecule has 3 rings (SSSR count). The highest BCUT2D eigenvalue weighted by atomic mass is 32.2. The van der Waals surface area contributed by atoms with Crippen LogP contribution < -0.4 is 5.32 Å². The number of ketones is 1. The highest BCUT2D eigenvalue weighted by Crippen LogP contribution is 2.20. The van der Waals surface area contributed by atoms with Gasteiger partial charge in [-0.2, -0.15) is 4.31 Å². The van der Waals surface area contributed by atoms with Crippen LogP contribution in [0.3, 0.4) is 0 Å². The van der Waals surface area contributed by atoms with Crippen LogP contribution in [0, 0.1) is 0 Å². The second-order valence-electron chi connectivity index (χ2n) is 7.69. The Morgan fingerprint density at radius 2 is 1.61 bits per heavy atom. The molecule has 1 saturated carbocycles. The third-order valence-corrected chi connectivity index (χ3v) is 7.71. The van der Waals surface area contributed by atoms with Gasteiger partial charge in [-0.05, 0) is 38.8 Å². The number of Topliss-reactive ketones (excluding diaryl/α,β-unsaturated/α-hetero) is 1. The number of carbonyl (C=O) groups excluding carboxylic acids is 2. The molecule has 8 heteroatoms. The molecule has 1 aliphatic carbocycles. The number of benzene rings is 1. The van der Waals surface area contributed by atoms with Crippen molar-refractivity contribution in [2.75, 3.05) is 26.2 Å². The van der Waals surface area contributed by atoms with Crippen LogP contribution in [0.1, 0.15) is 49.9 Å². The SMILES string of the molecule is CC(=O)c1ccc(S(=O)(=O)N2CCN([C@H](C)C(=O)NC3CCCC3)CC2)cc1. The zero-order valence-electron chi connectivity index (χ0n) is 16.6. The van der Waals surface area contributed by atoms with Gasteiger partial charge in [0.15, 0.2) is 5.78 Å². The number of hydrogen-bond donors (Lipinski definition) is 1. The Bertz CT molecular complexity index is 808. The van der Waals surface area contributed by atoms with Crippen LogP contribution in [-0.4, -0.2) is 67.6 Å². The van der Waals surface area contributed by atoms with E-state index in [4.69, 9.17) is 0 Å². The monoisotopic (exact) mass is 407 g/mol. The smallest absolute Gasteiger partial charge is 0.243 e. The zero-order valence-corrected chi connectivity index (χ0v) is 17.4. The maximum Gasteiger partial charge on any atom is 0.243 e. The summed E-state index contributed by atoms with van der Waals surface area (Å²) in [6.45, 7) is 5.06. The van der Waals surface area contributed by atoms with E-state index in [0.29, 0.717) is 31.7 Å². The van der Waals surface area contributed by atoms with E-state index < -0.39 is 10.0 Å². The molecule has 1 aromatic carbocycles. The second-order valence-corrected chi connectivity index (χ2v) is 9.62. The summed E-state index contributed by atoms with van der Waals surface area (Å²) < 4.78 is 27.2. The van der Waals surface area contributed by atoms with Crippen molar-refractivity contribution in [1.82, 2.24) is 14.5 Å². The van der Waals surface area contributed by atoms with Crippen molar-refractivity contribution in [3.63, 3.8) is 0 Å². The molecule has 1 N–H and O–H groups in total. The molecule has 2 aliphatic rings. The molecule has 1 aliphatic heterocycles. The zero-order chi connectivity index (χ0) is 20.3. The lowest BCUT2D eigenvalue weighted by Gasteiger charge is -2.37. The van der Waals surface area contributed by atoms with Crippen molar-refractivity contribution in [1.29, 1.82) is 0 Å². The van der Waals surface area contributed by atoms with Gasteiger partial charge in [0.25, 0.3) is 0 Å². The van der Waals surface area contributed by atoms with E-state index in [2.05, 4.69) is 5.32 Å². The molecule has 7 nitrogen and oxygen atoms in total. The van der Waals surface area contributed by atoms with Crippen LogP contribution in [0.4, 0.5) is 0 Å². The molecule has 154 valence electrons. The summed E-state index contributed by atoms with van der Waals surface area (Å²) >= 11 is 0. The highest BCUT2D eigenvalue weighted by molar-refractivity contribution is 7.89. The fourth-order valence-corrected chi connectivity index (χ4v) is 5.32. The molecule has 0 spiro atoms. The van der Waals surface area contributed by atoms with Gasteiger partial charge in [0.05, 0.1) is 10.9 Å². The molecule has 0 unspecified atom stereocenters. The van der Waals surface area contributed by atoms with Crippen molar-refractivity contribution in [2.45, 2.75) is 56.5 Å². The Hall–Kier alpha value is -1.77. The number of nitrogens with zero attached hydrogens (tertiary/aromatic N) is 2. The largest absolute Gasteiger partial charge is 0.352 e. The van der Waals surface area contributed by atoms with Crippen molar-refractivity contribution < 1.29 is 18.0 Å². The van der Waals surface area contributed by atoms with E-state index in [1.165, 1.54) is 36.2 Å². The van der Waals surface area contributed by atoms with Gasteiger partial charge in [0, 0.05) is 37.8 Å². The maximum absolute atomic E-state index is 12.9. The fourth-order valence-electron chi connectivity index (χ4n) is 3.90. The molecule has 0 bridgehead atoms. The van der Waals surface area contributed by atoms with Gasteiger partial charge in [-0.3, -0.25) is 14.5 Å². The van der Waals surface area contributed by atoms with Crippen molar-refractivity contribution >= 4 is 21.7 Å². The molecule has 2 fully saturated rings. The second kappa shape index (κ2) is 8.71. The van der Waals surface area contributed by atoms with E-state index in [1.807, 2.05) is 11.8 Å². The standard InChI is InChI=1S/C20H29N3O4S/c1-15(20(25)21-18-5-3-4-6-18)22-11-13-23(14-12-22)28(26,27)19-9-7-17(8-10-19)16(2)24/h7-10,15,18H,3-6,11-14H2,1-2H3,(H,21,25)/t15-/m1/s1. The first-order valence-electron chi connectivity index (χ1n) is 9.94. The molecule has 0 aromatic heterocycles. The molecule has 1 atom stereocenters. The van der Waals surface area contributed by atoms with E-state index >= 15 is 0 Å². The van der Waals surface area contributed by atoms with Gasteiger partial charge < -0.3 is 5.32 Å². The Morgan fingerprint density at radius 3 is 2.14 bits per heavy atom. The maximum atomic E-state index is 12.9. The molecule has 0 radical (unpaired) electrons. The molecular formula is C20H29N3O4S. The van der Waals surface area contributed by atoms with Crippen LogP contribution in [0.15, 0.2) is 29.2 Å². The van der Waals surface area contributed by atoms with Gasteiger partial charge in [-0.15, -0.1) is 0 Å². The summed E-state index contributed by atoms with van der Waals surface area (Å²) in [4.78, 5) is 26.1. The number of nitrogens with one attached hydrogen (secondary N) is 1. The van der Waals surface area contributed by atoms with Crippen LogP contribution in [0.25, 0.3) is 0 Å². The van der Waals surface area contributed by atoms with E-state index in [1.54, 1.807) is 12.1 Å². The number of amides is 1. The normalized spacial score (nSPS) is 20.8. The molecule has 1 amide bonds. The van der Waals surface area contributed by atoms with Gasteiger partial charge in [0.2, 0.25) is 15.9 Å². The summed E-state index contributed by atoms with van der Waals surface area (Å²) in [5.41, 5.74) is 0.492. The van der Waals surface area contributed by atoms with Gasteiger partial charge in [0.1, 0.15) is 0 Å². The Balaban J connectivity index is 1.57. The average Bonchev–Trinajstić information content (AvgIpc) is 3.20. The predicted octanol–water partition coefficient (Wildman–Crippen LogP) is 1.64.